The third-order valence-electron chi connectivity index (χ3n) is 5.04. The Balaban J connectivity index is 1.72. The van der Waals surface area contributed by atoms with Gasteiger partial charge < -0.3 is 15.0 Å². The van der Waals surface area contributed by atoms with Crippen LogP contribution in [0, 0.1) is 5.82 Å². The van der Waals surface area contributed by atoms with Crippen LogP contribution in [-0.2, 0) is 20.3 Å². The van der Waals surface area contributed by atoms with Crippen LogP contribution < -0.4 is 10.2 Å². The van der Waals surface area contributed by atoms with E-state index < -0.39 is 26.3 Å². The molecule has 0 saturated carbocycles. The van der Waals surface area contributed by atoms with Gasteiger partial charge in [-0.15, -0.1) is 0 Å². The zero-order valence-electron chi connectivity index (χ0n) is 17.4. The highest BCUT2D eigenvalue weighted by molar-refractivity contribution is 7.91. The average Bonchev–Trinajstić information content (AvgIpc) is 2.67. The van der Waals surface area contributed by atoms with Crippen molar-refractivity contribution in [3.05, 3.63) is 59.4 Å². The number of nitrogens with one attached hydrogen (secondary N) is 1. The molecule has 162 valence electrons. The van der Waals surface area contributed by atoms with Gasteiger partial charge in [-0.25, -0.2) is 12.8 Å². The van der Waals surface area contributed by atoms with E-state index in [0.717, 1.165) is 0 Å². The molecule has 1 aliphatic heterocycles. The number of hydrogen-bond donors (Lipinski definition) is 1. The summed E-state index contributed by atoms with van der Waals surface area (Å²) >= 11 is 0. The van der Waals surface area contributed by atoms with Gasteiger partial charge in [-0.3, -0.25) is 4.79 Å². The molecule has 1 aliphatic rings. The van der Waals surface area contributed by atoms with Crippen LogP contribution in [0.3, 0.4) is 0 Å². The first-order valence-electron chi connectivity index (χ1n) is 9.82. The van der Waals surface area contributed by atoms with Gasteiger partial charge in [-0.1, -0.05) is 12.1 Å². The van der Waals surface area contributed by atoms with Gasteiger partial charge in [-0.05, 0) is 56.7 Å². The van der Waals surface area contributed by atoms with Crippen LogP contribution in [0.1, 0.15) is 36.7 Å². The number of carbonyl (C=O) groups excluding carboxylic acids is 1. The standard InChI is InChI=1S/C22H27FN2O4S/c1-22(2,3)30(27,28)15-16-5-4-6-18(13-16)24-21(26)17-7-8-20(19(23)14-17)25-9-11-29-12-10-25/h4-8,13-14H,9-12,15H2,1-3H3,(H,24,26). The predicted octanol–water partition coefficient (Wildman–Crippen LogP) is 3.63. The highest BCUT2D eigenvalue weighted by Crippen LogP contribution is 2.24. The maximum Gasteiger partial charge on any atom is 0.255 e. The van der Waals surface area contributed by atoms with E-state index in [1.54, 1.807) is 57.2 Å². The van der Waals surface area contributed by atoms with Crippen LogP contribution in [-0.4, -0.2) is 45.4 Å². The van der Waals surface area contributed by atoms with Crippen molar-refractivity contribution in [2.24, 2.45) is 0 Å². The number of morpholine rings is 1. The van der Waals surface area contributed by atoms with Crippen molar-refractivity contribution < 1.29 is 22.3 Å². The highest BCUT2D eigenvalue weighted by atomic mass is 32.2. The molecule has 0 atom stereocenters. The van der Waals surface area contributed by atoms with Crippen molar-refractivity contribution in [2.45, 2.75) is 31.3 Å². The lowest BCUT2D eigenvalue weighted by Gasteiger charge is -2.29. The molecule has 1 saturated heterocycles. The molecule has 0 unspecified atom stereocenters. The molecule has 2 aromatic carbocycles. The van der Waals surface area contributed by atoms with E-state index in [1.807, 2.05) is 4.90 Å². The average molecular weight is 435 g/mol. The number of benzene rings is 2. The van der Waals surface area contributed by atoms with Gasteiger partial charge >= 0.3 is 0 Å². The summed E-state index contributed by atoms with van der Waals surface area (Å²) in [5, 5.41) is 2.72. The molecule has 8 heteroatoms. The number of rotatable bonds is 5. The van der Waals surface area contributed by atoms with Crippen LogP contribution in [0.2, 0.25) is 0 Å². The summed E-state index contributed by atoms with van der Waals surface area (Å²) in [6, 6.07) is 11.1. The summed E-state index contributed by atoms with van der Waals surface area (Å²) in [6.45, 7) is 7.26. The van der Waals surface area contributed by atoms with E-state index in [0.29, 0.717) is 43.2 Å². The molecule has 0 aliphatic carbocycles. The van der Waals surface area contributed by atoms with E-state index >= 15 is 0 Å². The SMILES string of the molecule is CC(C)(C)S(=O)(=O)Cc1cccc(NC(=O)c2ccc(N3CCOCC3)c(F)c2)c1. The smallest absolute Gasteiger partial charge is 0.255 e. The summed E-state index contributed by atoms with van der Waals surface area (Å²) in [6.07, 6.45) is 0. The second kappa shape index (κ2) is 8.73. The fourth-order valence-electron chi connectivity index (χ4n) is 3.09. The van der Waals surface area contributed by atoms with E-state index in [4.69, 9.17) is 4.74 Å². The first-order chi connectivity index (χ1) is 14.1. The van der Waals surface area contributed by atoms with Crippen LogP contribution in [0.4, 0.5) is 15.8 Å². The van der Waals surface area contributed by atoms with Crippen molar-refractivity contribution in [2.75, 3.05) is 36.5 Å². The lowest BCUT2D eigenvalue weighted by atomic mass is 10.1. The van der Waals surface area contributed by atoms with Gasteiger partial charge in [0.15, 0.2) is 9.84 Å². The topological polar surface area (TPSA) is 75.7 Å². The third-order valence-corrected chi connectivity index (χ3v) is 7.62. The lowest BCUT2D eigenvalue weighted by Crippen LogP contribution is -2.36. The Morgan fingerprint density at radius 1 is 1.13 bits per heavy atom. The van der Waals surface area contributed by atoms with Gasteiger partial charge in [0.05, 0.1) is 29.4 Å². The first-order valence-corrected chi connectivity index (χ1v) is 11.5. The minimum Gasteiger partial charge on any atom is -0.378 e. The Kier molecular flexibility index (Phi) is 6.47. The van der Waals surface area contributed by atoms with Gasteiger partial charge in [0.1, 0.15) is 5.82 Å². The quantitative estimate of drug-likeness (QED) is 0.778. The Morgan fingerprint density at radius 3 is 2.47 bits per heavy atom. The van der Waals surface area contributed by atoms with Crippen LogP contribution in [0.15, 0.2) is 42.5 Å². The zero-order chi connectivity index (χ0) is 21.9. The molecule has 1 N–H and O–H groups in total. The number of nitrogens with zero attached hydrogens (tertiary/aromatic N) is 1. The molecule has 2 aromatic rings. The van der Waals surface area contributed by atoms with Crippen LogP contribution in [0.5, 0.6) is 0 Å². The molecule has 6 nitrogen and oxygen atoms in total. The minimum atomic E-state index is -3.35. The second-order valence-electron chi connectivity index (χ2n) is 8.29. The van der Waals surface area contributed by atoms with Crippen molar-refractivity contribution in [1.82, 2.24) is 0 Å². The molecule has 1 heterocycles. The van der Waals surface area contributed by atoms with Crippen LogP contribution in [0.25, 0.3) is 0 Å². The normalized spacial score (nSPS) is 15.1. The fraction of sp³-hybridized carbons (Fsp3) is 0.409. The Hall–Kier alpha value is -2.45. The number of halogens is 1. The molecule has 0 aromatic heterocycles. The lowest BCUT2D eigenvalue weighted by molar-refractivity contribution is 0.102. The van der Waals surface area contributed by atoms with Crippen molar-refractivity contribution in [3.63, 3.8) is 0 Å². The molecule has 30 heavy (non-hydrogen) atoms. The van der Waals surface area contributed by atoms with Crippen LogP contribution >= 0.6 is 0 Å². The molecular formula is C22H27FN2O4S. The fourth-order valence-corrected chi connectivity index (χ4v) is 4.14. The summed E-state index contributed by atoms with van der Waals surface area (Å²) in [4.78, 5) is 14.5. The van der Waals surface area contributed by atoms with Crippen molar-refractivity contribution in [1.29, 1.82) is 0 Å². The maximum atomic E-state index is 14.6. The Bertz CT molecular complexity index is 1030. The number of sulfone groups is 1. The molecule has 0 radical (unpaired) electrons. The summed E-state index contributed by atoms with van der Waals surface area (Å²) in [7, 11) is -3.35. The number of carbonyl (C=O) groups is 1. The summed E-state index contributed by atoms with van der Waals surface area (Å²) < 4.78 is 43.9. The van der Waals surface area contributed by atoms with Gasteiger partial charge in [0.25, 0.3) is 5.91 Å². The van der Waals surface area contributed by atoms with Crippen molar-refractivity contribution >= 4 is 27.1 Å². The van der Waals surface area contributed by atoms with E-state index in [2.05, 4.69) is 5.32 Å². The van der Waals surface area contributed by atoms with E-state index in [9.17, 15) is 17.6 Å². The largest absolute Gasteiger partial charge is 0.378 e. The molecule has 1 amide bonds. The molecular weight excluding hydrogens is 407 g/mol. The van der Waals surface area contributed by atoms with Crippen molar-refractivity contribution in [3.8, 4) is 0 Å². The number of amides is 1. The van der Waals surface area contributed by atoms with Gasteiger partial charge in [-0.2, -0.15) is 0 Å². The molecule has 3 rings (SSSR count). The number of ether oxygens (including phenoxy) is 1. The van der Waals surface area contributed by atoms with E-state index in [1.165, 1.54) is 6.07 Å². The number of anilines is 2. The maximum absolute atomic E-state index is 14.6. The Morgan fingerprint density at radius 2 is 1.83 bits per heavy atom. The second-order valence-corrected chi connectivity index (χ2v) is 11.0. The monoisotopic (exact) mass is 434 g/mol. The van der Waals surface area contributed by atoms with Gasteiger partial charge in [0.2, 0.25) is 0 Å². The Labute approximate surface area is 177 Å². The zero-order valence-corrected chi connectivity index (χ0v) is 18.3. The first kappa shape index (κ1) is 22.2. The third kappa shape index (κ3) is 5.17. The van der Waals surface area contributed by atoms with E-state index in [-0.39, 0.29) is 11.3 Å². The minimum absolute atomic E-state index is 0.122. The van der Waals surface area contributed by atoms with Gasteiger partial charge in [0, 0.05) is 24.3 Å². The molecule has 1 fully saturated rings. The summed E-state index contributed by atoms with van der Waals surface area (Å²) in [5.74, 6) is -1.05. The number of hydrogen-bond acceptors (Lipinski definition) is 5. The molecule has 0 bridgehead atoms. The molecule has 0 spiro atoms. The predicted molar refractivity (Wildman–Crippen MR) is 116 cm³/mol. The highest BCUT2D eigenvalue weighted by Gasteiger charge is 2.29. The summed E-state index contributed by atoms with van der Waals surface area (Å²) in [5.41, 5.74) is 1.68.